The van der Waals surface area contributed by atoms with Crippen molar-refractivity contribution in [2.45, 2.75) is 75.8 Å². The fourth-order valence-corrected chi connectivity index (χ4v) is 5.17. The number of likely N-dealkylation sites (tertiary alicyclic amines) is 2. The normalized spacial score (nSPS) is 24.2. The standard InChI is InChI=1S/C22H33FN2O5S/c1-16-5-7-18(8-6-16)31(27,28)30-17-9-12-24(13-10-17)20-11-14-25(15-19(20)23)21(26)29-22(2,3)4/h5-8,17,19-20H,9-15H2,1-4H3/t19-,20-/m1/s1. The van der Waals surface area contributed by atoms with Crippen molar-refractivity contribution < 1.29 is 26.5 Å². The summed E-state index contributed by atoms with van der Waals surface area (Å²) in [5.41, 5.74) is 0.367. The molecule has 2 aliphatic heterocycles. The van der Waals surface area contributed by atoms with E-state index in [1.54, 1.807) is 45.0 Å². The highest BCUT2D eigenvalue weighted by molar-refractivity contribution is 7.86. The van der Waals surface area contributed by atoms with Gasteiger partial charge in [0.25, 0.3) is 10.1 Å². The number of rotatable bonds is 4. The van der Waals surface area contributed by atoms with E-state index in [2.05, 4.69) is 4.90 Å². The van der Waals surface area contributed by atoms with Gasteiger partial charge in [-0.25, -0.2) is 9.18 Å². The lowest BCUT2D eigenvalue weighted by molar-refractivity contribution is -0.0150. The van der Waals surface area contributed by atoms with Crippen LogP contribution in [0.3, 0.4) is 0 Å². The van der Waals surface area contributed by atoms with Gasteiger partial charge in [0.1, 0.15) is 11.8 Å². The van der Waals surface area contributed by atoms with Crippen LogP contribution in [0, 0.1) is 6.92 Å². The minimum Gasteiger partial charge on any atom is -0.444 e. The highest BCUT2D eigenvalue weighted by Gasteiger charge is 2.38. The lowest BCUT2D eigenvalue weighted by Gasteiger charge is -2.43. The first-order chi connectivity index (χ1) is 14.4. The van der Waals surface area contributed by atoms with Gasteiger partial charge in [-0.1, -0.05) is 17.7 Å². The van der Waals surface area contributed by atoms with E-state index in [9.17, 15) is 17.6 Å². The third kappa shape index (κ3) is 6.40. The molecular formula is C22H33FN2O5S. The van der Waals surface area contributed by atoms with Crippen LogP contribution in [-0.4, -0.2) is 74.4 Å². The Labute approximate surface area is 184 Å². The molecule has 0 bridgehead atoms. The Morgan fingerprint density at radius 2 is 1.68 bits per heavy atom. The molecule has 9 heteroatoms. The van der Waals surface area contributed by atoms with E-state index in [0.29, 0.717) is 38.9 Å². The Bertz CT molecular complexity index is 861. The molecule has 0 radical (unpaired) electrons. The van der Waals surface area contributed by atoms with Crippen molar-refractivity contribution in [1.82, 2.24) is 9.80 Å². The van der Waals surface area contributed by atoms with Gasteiger partial charge >= 0.3 is 6.09 Å². The predicted octanol–water partition coefficient (Wildman–Crippen LogP) is 3.51. The van der Waals surface area contributed by atoms with Crippen molar-refractivity contribution in [3.8, 4) is 0 Å². The summed E-state index contributed by atoms with van der Waals surface area (Å²) >= 11 is 0. The van der Waals surface area contributed by atoms with Crippen LogP contribution in [0.2, 0.25) is 0 Å². The first kappa shape index (κ1) is 23.9. The van der Waals surface area contributed by atoms with E-state index in [1.807, 2.05) is 6.92 Å². The molecule has 0 aromatic heterocycles. The van der Waals surface area contributed by atoms with Gasteiger partial charge in [0, 0.05) is 25.7 Å². The van der Waals surface area contributed by atoms with Gasteiger partial charge in [-0.2, -0.15) is 8.42 Å². The van der Waals surface area contributed by atoms with E-state index in [-0.39, 0.29) is 17.5 Å². The summed E-state index contributed by atoms with van der Waals surface area (Å²) in [6.07, 6.45) is -0.513. The van der Waals surface area contributed by atoms with Gasteiger partial charge in [-0.05, 0) is 59.1 Å². The number of carbonyl (C=O) groups excluding carboxylic acids is 1. The van der Waals surface area contributed by atoms with Crippen LogP contribution >= 0.6 is 0 Å². The molecule has 0 saturated carbocycles. The molecule has 2 saturated heterocycles. The number of amides is 1. The lowest BCUT2D eigenvalue weighted by Crippen LogP contribution is -2.56. The molecule has 1 amide bonds. The van der Waals surface area contributed by atoms with Gasteiger partial charge in [0.05, 0.1) is 17.5 Å². The molecule has 3 rings (SSSR count). The first-order valence-corrected chi connectivity index (χ1v) is 12.2. The number of hydrogen-bond acceptors (Lipinski definition) is 6. The third-order valence-electron chi connectivity index (χ3n) is 5.68. The summed E-state index contributed by atoms with van der Waals surface area (Å²) < 4.78 is 50.7. The summed E-state index contributed by atoms with van der Waals surface area (Å²) in [5.74, 6) is 0. The van der Waals surface area contributed by atoms with Crippen LogP contribution in [-0.2, 0) is 19.0 Å². The summed E-state index contributed by atoms with van der Waals surface area (Å²) in [7, 11) is -3.81. The Kier molecular flexibility index (Phi) is 7.28. The maximum Gasteiger partial charge on any atom is 0.410 e. The predicted molar refractivity (Wildman–Crippen MR) is 115 cm³/mol. The van der Waals surface area contributed by atoms with Gasteiger partial charge < -0.3 is 9.64 Å². The van der Waals surface area contributed by atoms with Crippen molar-refractivity contribution >= 4 is 16.2 Å². The quantitative estimate of drug-likeness (QED) is 0.646. The molecular weight excluding hydrogens is 423 g/mol. The molecule has 0 unspecified atom stereocenters. The maximum atomic E-state index is 14.9. The Morgan fingerprint density at radius 1 is 1.06 bits per heavy atom. The minimum atomic E-state index is -3.81. The number of benzene rings is 1. The summed E-state index contributed by atoms with van der Waals surface area (Å²) in [4.78, 5) is 15.8. The molecule has 1 aromatic rings. The molecule has 2 atom stereocenters. The van der Waals surface area contributed by atoms with Crippen molar-refractivity contribution in [2.75, 3.05) is 26.2 Å². The van der Waals surface area contributed by atoms with Crippen LogP contribution < -0.4 is 0 Å². The maximum absolute atomic E-state index is 14.9. The SMILES string of the molecule is Cc1ccc(S(=O)(=O)OC2CCN([C@@H]3CCN(C(=O)OC(C)(C)C)C[C@H]3F)CC2)cc1. The van der Waals surface area contributed by atoms with Crippen LogP contribution in [0.15, 0.2) is 29.2 Å². The second-order valence-electron chi connectivity index (χ2n) is 9.40. The van der Waals surface area contributed by atoms with Gasteiger partial charge in [0.15, 0.2) is 0 Å². The number of carbonyl (C=O) groups is 1. The van der Waals surface area contributed by atoms with Crippen molar-refractivity contribution in [3.05, 3.63) is 29.8 Å². The molecule has 1 aromatic carbocycles. The van der Waals surface area contributed by atoms with Crippen LogP contribution in [0.25, 0.3) is 0 Å². The van der Waals surface area contributed by atoms with Gasteiger partial charge in [-0.15, -0.1) is 0 Å². The number of aryl methyl sites for hydroxylation is 1. The molecule has 0 aliphatic carbocycles. The lowest BCUT2D eigenvalue weighted by atomic mass is 9.98. The fraction of sp³-hybridized carbons (Fsp3) is 0.682. The average Bonchev–Trinajstić information content (AvgIpc) is 2.67. The fourth-order valence-electron chi connectivity index (χ4n) is 4.04. The van der Waals surface area contributed by atoms with Crippen LogP contribution in [0.1, 0.15) is 45.6 Å². The molecule has 2 heterocycles. The highest BCUT2D eigenvalue weighted by Crippen LogP contribution is 2.27. The van der Waals surface area contributed by atoms with Crippen molar-refractivity contribution in [1.29, 1.82) is 0 Å². The third-order valence-corrected chi connectivity index (χ3v) is 7.05. The van der Waals surface area contributed by atoms with E-state index >= 15 is 0 Å². The van der Waals surface area contributed by atoms with E-state index in [0.717, 1.165) is 5.56 Å². The monoisotopic (exact) mass is 456 g/mol. The van der Waals surface area contributed by atoms with Gasteiger partial charge in [-0.3, -0.25) is 9.08 Å². The van der Waals surface area contributed by atoms with Crippen molar-refractivity contribution in [2.24, 2.45) is 0 Å². The number of hydrogen-bond donors (Lipinski definition) is 0. The Morgan fingerprint density at radius 3 is 2.23 bits per heavy atom. The second kappa shape index (κ2) is 9.42. The Balaban J connectivity index is 1.50. The molecule has 31 heavy (non-hydrogen) atoms. The van der Waals surface area contributed by atoms with E-state index < -0.39 is 34.1 Å². The number of piperidine rings is 2. The highest BCUT2D eigenvalue weighted by atomic mass is 32.2. The molecule has 174 valence electrons. The average molecular weight is 457 g/mol. The summed E-state index contributed by atoms with van der Waals surface area (Å²) in [6.45, 7) is 8.83. The number of halogens is 1. The molecule has 7 nitrogen and oxygen atoms in total. The zero-order valence-electron chi connectivity index (χ0n) is 18.7. The summed E-state index contributed by atoms with van der Waals surface area (Å²) in [5, 5.41) is 0. The minimum absolute atomic E-state index is 0.0117. The molecule has 0 spiro atoms. The Hall–Kier alpha value is -1.71. The molecule has 2 aliphatic rings. The first-order valence-electron chi connectivity index (χ1n) is 10.8. The summed E-state index contributed by atoms with van der Waals surface area (Å²) in [6, 6.07) is 6.29. The topological polar surface area (TPSA) is 76.2 Å². The van der Waals surface area contributed by atoms with Crippen molar-refractivity contribution in [3.63, 3.8) is 0 Å². The zero-order chi connectivity index (χ0) is 22.8. The van der Waals surface area contributed by atoms with Crippen LogP contribution in [0.5, 0.6) is 0 Å². The van der Waals surface area contributed by atoms with E-state index in [4.69, 9.17) is 8.92 Å². The van der Waals surface area contributed by atoms with Crippen LogP contribution in [0.4, 0.5) is 9.18 Å². The number of nitrogens with zero attached hydrogens (tertiary/aromatic N) is 2. The van der Waals surface area contributed by atoms with E-state index in [1.165, 1.54) is 4.90 Å². The molecule has 2 fully saturated rings. The zero-order valence-corrected chi connectivity index (χ0v) is 19.5. The number of ether oxygens (including phenoxy) is 1. The second-order valence-corrected chi connectivity index (χ2v) is 11.0. The smallest absolute Gasteiger partial charge is 0.410 e. The number of alkyl halides is 1. The largest absolute Gasteiger partial charge is 0.444 e. The van der Waals surface area contributed by atoms with Gasteiger partial charge in [0.2, 0.25) is 0 Å². The molecule has 0 N–H and O–H groups in total.